The summed E-state index contributed by atoms with van der Waals surface area (Å²) in [5.74, 6) is 0.302. The zero-order valence-electron chi connectivity index (χ0n) is 16.4. The van der Waals surface area contributed by atoms with Gasteiger partial charge in [0.05, 0.1) is 0 Å². The number of benzene rings is 1. The van der Waals surface area contributed by atoms with Crippen LogP contribution in [0.2, 0.25) is 0 Å². The Hall–Kier alpha value is -2.67. The zero-order valence-corrected chi connectivity index (χ0v) is 17.3. The van der Waals surface area contributed by atoms with Crippen molar-refractivity contribution in [1.29, 1.82) is 0 Å². The molecule has 2 aliphatic heterocycles. The molecule has 4 rings (SSSR count). The number of hydrogen-bond donors (Lipinski definition) is 0. The van der Waals surface area contributed by atoms with Gasteiger partial charge in [-0.05, 0) is 24.5 Å². The molecular weight excluding hydrogens is 384 g/mol. The van der Waals surface area contributed by atoms with Crippen LogP contribution in [0.1, 0.15) is 18.4 Å². The van der Waals surface area contributed by atoms with Crippen LogP contribution in [0, 0.1) is 5.92 Å². The topological polar surface area (TPSA) is 56.8 Å². The minimum absolute atomic E-state index is 0.0248. The Balaban J connectivity index is 1.23. The Morgan fingerprint density at radius 2 is 1.69 bits per heavy atom. The summed E-state index contributed by atoms with van der Waals surface area (Å²) in [5, 5.41) is 3.02. The van der Waals surface area contributed by atoms with Gasteiger partial charge in [0.1, 0.15) is 0 Å². The monoisotopic (exact) mass is 410 g/mol. The first-order valence-electron chi connectivity index (χ1n) is 10.2. The molecule has 0 saturated carbocycles. The molecule has 2 saturated heterocycles. The fourth-order valence-corrected chi connectivity index (χ4v) is 4.63. The lowest BCUT2D eigenvalue weighted by molar-refractivity contribution is -0.139. The summed E-state index contributed by atoms with van der Waals surface area (Å²) in [6.07, 6.45) is 6.80. The molecule has 1 aromatic carbocycles. The number of amides is 2. The standard InChI is InChI=1S/C22H26N4O2S/c27-20(7-6-18-4-2-1-3-5-18)24-11-8-19(9-12-24)21(28)25-13-15-26(16-14-25)22-23-10-17-29-22/h1-7,10,17,19H,8-9,11-16H2/b7-6+. The van der Waals surface area contributed by atoms with E-state index in [0.717, 1.165) is 49.7 Å². The van der Waals surface area contributed by atoms with Gasteiger partial charge in [-0.2, -0.15) is 0 Å². The van der Waals surface area contributed by atoms with E-state index in [-0.39, 0.29) is 17.7 Å². The van der Waals surface area contributed by atoms with Gasteiger partial charge < -0.3 is 14.7 Å². The summed E-state index contributed by atoms with van der Waals surface area (Å²) in [7, 11) is 0. The summed E-state index contributed by atoms with van der Waals surface area (Å²) in [4.78, 5) is 35.8. The van der Waals surface area contributed by atoms with Crippen molar-refractivity contribution >= 4 is 34.4 Å². The third-order valence-corrected chi connectivity index (χ3v) is 6.49. The Morgan fingerprint density at radius 3 is 2.34 bits per heavy atom. The Kier molecular flexibility index (Phi) is 6.24. The quantitative estimate of drug-likeness (QED) is 0.728. The molecule has 0 atom stereocenters. The summed E-state index contributed by atoms with van der Waals surface area (Å²) in [6.45, 7) is 4.46. The van der Waals surface area contributed by atoms with E-state index in [1.165, 1.54) is 0 Å². The molecule has 7 heteroatoms. The van der Waals surface area contributed by atoms with Crippen LogP contribution in [0.3, 0.4) is 0 Å². The van der Waals surface area contributed by atoms with Gasteiger partial charge in [-0.1, -0.05) is 30.3 Å². The predicted molar refractivity (Wildman–Crippen MR) is 116 cm³/mol. The molecule has 0 radical (unpaired) electrons. The molecule has 152 valence electrons. The molecular formula is C22H26N4O2S. The van der Waals surface area contributed by atoms with Crippen molar-refractivity contribution < 1.29 is 9.59 Å². The van der Waals surface area contributed by atoms with Crippen molar-refractivity contribution in [1.82, 2.24) is 14.8 Å². The largest absolute Gasteiger partial charge is 0.345 e. The molecule has 0 N–H and O–H groups in total. The maximum atomic E-state index is 12.9. The fraction of sp³-hybridized carbons (Fsp3) is 0.409. The van der Waals surface area contributed by atoms with Crippen LogP contribution >= 0.6 is 11.3 Å². The van der Waals surface area contributed by atoms with Crippen LogP contribution in [0.25, 0.3) is 6.08 Å². The minimum Gasteiger partial charge on any atom is -0.345 e. The second kappa shape index (κ2) is 9.22. The highest BCUT2D eigenvalue weighted by Gasteiger charge is 2.31. The highest BCUT2D eigenvalue weighted by atomic mass is 32.1. The third-order valence-electron chi connectivity index (χ3n) is 5.65. The number of anilines is 1. The number of hydrogen-bond acceptors (Lipinski definition) is 5. The summed E-state index contributed by atoms with van der Waals surface area (Å²) >= 11 is 1.64. The van der Waals surface area contributed by atoms with E-state index in [1.807, 2.05) is 57.8 Å². The van der Waals surface area contributed by atoms with E-state index in [0.29, 0.717) is 13.1 Å². The summed E-state index contributed by atoms with van der Waals surface area (Å²) in [5.41, 5.74) is 1.02. The molecule has 3 heterocycles. The first kappa shape index (κ1) is 19.6. The molecule has 2 aromatic rings. The number of carbonyl (C=O) groups is 2. The van der Waals surface area contributed by atoms with Gasteiger partial charge in [-0.25, -0.2) is 4.98 Å². The number of aromatic nitrogens is 1. The van der Waals surface area contributed by atoms with Crippen LogP contribution in [-0.4, -0.2) is 65.9 Å². The van der Waals surface area contributed by atoms with Crippen molar-refractivity contribution in [3.8, 4) is 0 Å². The average molecular weight is 411 g/mol. The lowest BCUT2D eigenvalue weighted by Gasteiger charge is -2.38. The second-order valence-electron chi connectivity index (χ2n) is 7.47. The normalized spacial score (nSPS) is 18.4. The van der Waals surface area contributed by atoms with Crippen molar-refractivity contribution in [2.24, 2.45) is 5.92 Å². The SMILES string of the molecule is O=C(/C=C/c1ccccc1)N1CCC(C(=O)N2CCN(c3nccs3)CC2)CC1. The zero-order chi connectivity index (χ0) is 20.1. The van der Waals surface area contributed by atoms with Gasteiger partial charge in [0.2, 0.25) is 11.8 Å². The maximum Gasteiger partial charge on any atom is 0.246 e. The molecule has 0 spiro atoms. The lowest BCUT2D eigenvalue weighted by Crippen LogP contribution is -2.52. The van der Waals surface area contributed by atoms with Crippen molar-refractivity contribution in [3.05, 3.63) is 53.5 Å². The molecule has 0 unspecified atom stereocenters. The number of thiazole rings is 1. The van der Waals surface area contributed by atoms with Gasteiger partial charge >= 0.3 is 0 Å². The highest BCUT2D eigenvalue weighted by Crippen LogP contribution is 2.23. The van der Waals surface area contributed by atoms with E-state index >= 15 is 0 Å². The molecule has 2 aliphatic rings. The van der Waals surface area contributed by atoms with Crippen LogP contribution in [0.5, 0.6) is 0 Å². The summed E-state index contributed by atoms with van der Waals surface area (Å²) in [6, 6.07) is 9.82. The Bertz CT molecular complexity index is 837. The number of likely N-dealkylation sites (tertiary alicyclic amines) is 1. The van der Waals surface area contributed by atoms with Crippen molar-refractivity contribution in [2.75, 3.05) is 44.2 Å². The van der Waals surface area contributed by atoms with Crippen molar-refractivity contribution in [3.63, 3.8) is 0 Å². The Morgan fingerprint density at radius 1 is 0.966 bits per heavy atom. The lowest BCUT2D eigenvalue weighted by atomic mass is 9.95. The van der Waals surface area contributed by atoms with E-state index in [1.54, 1.807) is 17.4 Å². The first-order valence-corrected chi connectivity index (χ1v) is 11.0. The molecule has 6 nitrogen and oxygen atoms in total. The molecule has 0 bridgehead atoms. The first-order chi connectivity index (χ1) is 14.2. The van der Waals surface area contributed by atoms with Gasteiger partial charge in [0, 0.05) is 62.8 Å². The molecule has 29 heavy (non-hydrogen) atoms. The third kappa shape index (κ3) is 4.85. The van der Waals surface area contributed by atoms with E-state index < -0.39 is 0 Å². The number of nitrogens with zero attached hydrogens (tertiary/aromatic N) is 4. The number of piperidine rings is 1. The second-order valence-corrected chi connectivity index (χ2v) is 8.34. The highest BCUT2D eigenvalue weighted by molar-refractivity contribution is 7.13. The van der Waals surface area contributed by atoms with Crippen LogP contribution < -0.4 is 4.90 Å². The number of piperazine rings is 1. The van der Waals surface area contributed by atoms with Gasteiger partial charge in [-0.3, -0.25) is 9.59 Å². The molecule has 2 amide bonds. The molecule has 2 fully saturated rings. The van der Waals surface area contributed by atoms with E-state index in [9.17, 15) is 9.59 Å². The van der Waals surface area contributed by atoms with Crippen LogP contribution in [0.15, 0.2) is 48.0 Å². The van der Waals surface area contributed by atoms with Gasteiger partial charge in [0.25, 0.3) is 0 Å². The predicted octanol–water partition coefficient (Wildman–Crippen LogP) is 2.74. The minimum atomic E-state index is 0.0248. The van der Waals surface area contributed by atoms with Crippen LogP contribution in [-0.2, 0) is 9.59 Å². The summed E-state index contributed by atoms with van der Waals surface area (Å²) < 4.78 is 0. The van der Waals surface area contributed by atoms with Gasteiger partial charge in [-0.15, -0.1) is 11.3 Å². The number of carbonyl (C=O) groups excluding carboxylic acids is 2. The molecule has 0 aliphatic carbocycles. The number of rotatable bonds is 4. The van der Waals surface area contributed by atoms with Crippen LogP contribution in [0.4, 0.5) is 5.13 Å². The smallest absolute Gasteiger partial charge is 0.246 e. The maximum absolute atomic E-state index is 12.9. The average Bonchev–Trinajstić information content (AvgIpc) is 3.33. The van der Waals surface area contributed by atoms with Crippen molar-refractivity contribution in [2.45, 2.75) is 12.8 Å². The van der Waals surface area contributed by atoms with Gasteiger partial charge in [0.15, 0.2) is 5.13 Å². The molecule has 1 aromatic heterocycles. The van der Waals surface area contributed by atoms with E-state index in [4.69, 9.17) is 0 Å². The Labute approximate surface area is 175 Å². The van der Waals surface area contributed by atoms with E-state index in [2.05, 4.69) is 9.88 Å². The fourth-order valence-electron chi connectivity index (χ4n) is 3.93.